The second kappa shape index (κ2) is 5.60. The number of aryl methyl sites for hydroxylation is 1. The molecule has 1 aromatic carbocycles. The van der Waals surface area contributed by atoms with Crippen molar-refractivity contribution in [2.24, 2.45) is 0 Å². The Hall–Kier alpha value is -1.02. The molecule has 1 aromatic rings. The van der Waals surface area contributed by atoms with Gasteiger partial charge in [0.05, 0.1) is 6.61 Å². The van der Waals surface area contributed by atoms with Crippen LogP contribution in [-0.4, -0.2) is 20.3 Å². The summed E-state index contributed by atoms with van der Waals surface area (Å²) in [6.07, 6.45) is 0.935. The van der Waals surface area contributed by atoms with Crippen LogP contribution in [0.2, 0.25) is 0 Å². The van der Waals surface area contributed by atoms with Crippen LogP contribution in [0.15, 0.2) is 24.3 Å². The molecule has 0 saturated heterocycles. The minimum atomic E-state index is 0.720. The number of hydrogen-bond acceptors (Lipinski definition) is 2. The van der Waals surface area contributed by atoms with Crippen molar-refractivity contribution >= 4 is 0 Å². The molecule has 0 amide bonds. The van der Waals surface area contributed by atoms with E-state index in [-0.39, 0.29) is 0 Å². The molecule has 0 radical (unpaired) electrons. The van der Waals surface area contributed by atoms with Crippen molar-refractivity contribution in [3.05, 3.63) is 29.8 Å². The molecule has 0 N–H and O–H groups in total. The Morgan fingerprint density at radius 1 is 1.23 bits per heavy atom. The summed E-state index contributed by atoms with van der Waals surface area (Å²) < 4.78 is 10.4. The van der Waals surface area contributed by atoms with Crippen LogP contribution < -0.4 is 4.74 Å². The van der Waals surface area contributed by atoms with E-state index in [9.17, 15) is 0 Å². The molecule has 13 heavy (non-hydrogen) atoms. The molecule has 0 aliphatic rings. The van der Waals surface area contributed by atoms with E-state index in [1.54, 1.807) is 7.11 Å². The van der Waals surface area contributed by atoms with Gasteiger partial charge in [-0.3, -0.25) is 0 Å². The minimum Gasteiger partial charge on any atom is -0.493 e. The average Bonchev–Trinajstić information content (AvgIpc) is 2.13. The number of hydrogen-bond donors (Lipinski definition) is 0. The number of ether oxygens (including phenoxy) is 2. The Bertz CT molecular complexity index is 246. The van der Waals surface area contributed by atoms with Gasteiger partial charge in [0.25, 0.3) is 0 Å². The van der Waals surface area contributed by atoms with Gasteiger partial charge in [-0.15, -0.1) is 0 Å². The summed E-state index contributed by atoms with van der Waals surface area (Å²) in [6.45, 7) is 3.53. The van der Waals surface area contributed by atoms with Crippen molar-refractivity contribution < 1.29 is 9.47 Å². The summed E-state index contributed by atoms with van der Waals surface area (Å²) >= 11 is 0. The van der Waals surface area contributed by atoms with Gasteiger partial charge in [0.1, 0.15) is 5.75 Å². The summed E-state index contributed by atoms with van der Waals surface area (Å²) in [5.41, 5.74) is 1.23. The van der Waals surface area contributed by atoms with Gasteiger partial charge in [0.15, 0.2) is 0 Å². The van der Waals surface area contributed by atoms with Crippen LogP contribution in [0.3, 0.4) is 0 Å². The van der Waals surface area contributed by atoms with Gasteiger partial charge in [0, 0.05) is 20.1 Å². The van der Waals surface area contributed by atoms with E-state index in [0.29, 0.717) is 0 Å². The normalized spacial score (nSPS) is 10.0. The summed E-state index contributed by atoms with van der Waals surface area (Å²) in [6, 6.07) is 8.07. The second-order valence-corrected chi connectivity index (χ2v) is 3.01. The van der Waals surface area contributed by atoms with Crippen LogP contribution in [0.25, 0.3) is 0 Å². The summed E-state index contributed by atoms with van der Waals surface area (Å²) in [4.78, 5) is 0. The topological polar surface area (TPSA) is 18.5 Å². The highest BCUT2D eigenvalue weighted by Gasteiger charge is 1.92. The van der Waals surface area contributed by atoms with Gasteiger partial charge >= 0.3 is 0 Å². The van der Waals surface area contributed by atoms with E-state index in [0.717, 1.165) is 25.4 Å². The molecule has 0 heterocycles. The fourth-order valence-electron chi connectivity index (χ4n) is 1.10. The van der Waals surface area contributed by atoms with Crippen LogP contribution in [0.5, 0.6) is 5.75 Å². The van der Waals surface area contributed by atoms with Crippen molar-refractivity contribution in [3.8, 4) is 5.75 Å². The lowest BCUT2D eigenvalue weighted by atomic mass is 10.2. The zero-order chi connectivity index (χ0) is 9.52. The molecule has 2 heteroatoms. The third-order valence-electron chi connectivity index (χ3n) is 1.75. The first-order valence-electron chi connectivity index (χ1n) is 4.51. The van der Waals surface area contributed by atoms with Gasteiger partial charge in [-0.25, -0.2) is 0 Å². The SMILES string of the molecule is COCCCOc1cccc(C)c1. The number of methoxy groups -OCH3 is 1. The summed E-state index contributed by atoms with van der Waals surface area (Å²) in [5, 5.41) is 0. The quantitative estimate of drug-likeness (QED) is 0.648. The molecule has 0 unspecified atom stereocenters. The fourth-order valence-corrected chi connectivity index (χ4v) is 1.10. The Morgan fingerprint density at radius 3 is 2.77 bits per heavy atom. The van der Waals surface area contributed by atoms with Crippen molar-refractivity contribution in [2.75, 3.05) is 20.3 Å². The predicted octanol–water partition coefficient (Wildman–Crippen LogP) is 2.41. The Labute approximate surface area is 79.5 Å². The average molecular weight is 180 g/mol. The van der Waals surface area contributed by atoms with E-state index >= 15 is 0 Å². The maximum atomic E-state index is 5.51. The largest absolute Gasteiger partial charge is 0.493 e. The zero-order valence-electron chi connectivity index (χ0n) is 8.25. The van der Waals surface area contributed by atoms with Crippen LogP contribution in [0.1, 0.15) is 12.0 Å². The molecular formula is C11H16O2. The van der Waals surface area contributed by atoms with Crippen molar-refractivity contribution in [1.82, 2.24) is 0 Å². The van der Waals surface area contributed by atoms with Gasteiger partial charge in [-0.1, -0.05) is 12.1 Å². The Morgan fingerprint density at radius 2 is 2.08 bits per heavy atom. The van der Waals surface area contributed by atoms with E-state index in [4.69, 9.17) is 9.47 Å². The molecule has 72 valence electrons. The molecule has 0 bridgehead atoms. The zero-order valence-corrected chi connectivity index (χ0v) is 8.25. The number of rotatable bonds is 5. The van der Waals surface area contributed by atoms with Gasteiger partial charge in [-0.05, 0) is 24.6 Å². The first kappa shape index (κ1) is 10.1. The molecule has 0 aromatic heterocycles. The molecule has 0 aliphatic heterocycles. The smallest absolute Gasteiger partial charge is 0.119 e. The molecule has 0 saturated carbocycles. The molecule has 0 spiro atoms. The van der Waals surface area contributed by atoms with Crippen molar-refractivity contribution in [2.45, 2.75) is 13.3 Å². The summed E-state index contributed by atoms with van der Waals surface area (Å²) in [7, 11) is 1.70. The lowest BCUT2D eigenvalue weighted by molar-refractivity contribution is 0.172. The van der Waals surface area contributed by atoms with Gasteiger partial charge in [-0.2, -0.15) is 0 Å². The molecule has 0 fully saturated rings. The van der Waals surface area contributed by atoms with E-state index in [2.05, 4.69) is 13.0 Å². The van der Waals surface area contributed by atoms with Crippen LogP contribution in [0.4, 0.5) is 0 Å². The van der Waals surface area contributed by atoms with Crippen LogP contribution in [0, 0.1) is 6.92 Å². The van der Waals surface area contributed by atoms with E-state index < -0.39 is 0 Å². The maximum absolute atomic E-state index is 5.51. The van der Waals surface area contributed by atoms with Crippen LogP contribution >= 0.6 is 0 Å². The lowest BCUT2D eigenvalue weighted by Gasteiger charge is -2.05. The molecule has 0 aliphatic carbocycles. The fraction of sp³-hybridized carbons (Fsp3) is 0.455. The Balaban J connectivity index is 2.28. The molecular weight excluding hydrogens is 164 g/mol. The first-order valence-corrected chi connectivity index (χ1v) is 4.51. The predicted molar refractivity (Wildman–Crippen MR) is 53.2 cm³/mol. The third-order valence-corrected chi connectivity index (χ3v) is 1.75. The van der Waals surface area contributed by atoms with Gasteiger partial charge in [0.2, 0.25) is 0 Å². The standard InChI is InChI=1S/C11H16O2/c1-10-5-3-6-11(9-10)13-8-4-7-12-2/h3,5-6,9H,4,7-8H2,1-2H3. The number of benzene rings is 1. The lowest BCUT2D eigenvalue weighted by Crippen LogP contribution is -2.01. The highest BCUT2D eigenvalue weighted by molar-refractivity contribution is 5.27. The van der Waals surface area contributed by atoms with Crippen LogP contribution in [-0.2, 0) is 4.74 Å². The van der Waals surface area contributed by atoms with Crippen molar-refractivity contribution in [1.29, 1.82) is 0 Å². The summed E-state index contributed by atoms with van der Waals surface area (Å²) in [5.74, 6) is 0.941. The highest BCUT2D eigenvalue weighted by atomic mass is 16.5. The van der Waals surface area contributed by atoms with E-state index in [1.165, 1.54) is 5.56 Å². The molecule has 1 rings (SSSR count). The molecule has 2 nitrogen and oxygen atoms in total. The minimum absolute atomic E-state index is 0.720. The first-order chi connectivity index (χ1) is 6.33. The van der Waals surface area contributed by atoms with E-state index in [1.807, 2.05) is 18.2 Å². The second-order valence-electron chi connectivity index (χ2n) is 3.01. The molecule has 0 atom stereocenters. The monoisotopic (exact) mass is 180 g/mol. The van der Waals surface area contributed by atoms with Gasteiger partial charge < -0.3 is 9.47 Å². The maximum Gasteiger partial charge on any atom is 0.119 e. The Kier molecular flexibility index (Phi) is 4.33. The van der Waals surface area contributed by atoms with Crippen molar-refractivity contribution in [3.63, 3.8) is 0 Å². The third kappa shape index (κ3) is 3.95. The highest BCUT2D eigenvalue weighted by Crippen LogP contribution is 2.12.